The average molecular weight is 325 g/mol. The standard InChI is InChI=1S/C13H15F3N2O2.ClH/c14-13(15,16)11-4-2-1-3-10(11)12(19)18-5-6-20-9(7-17)8-18;/h1-4,9H,5-8,17H2;1H. The maximum absolute atomic E-state index is 12.9. The fourth-order valence-electron chi connectivity index (χ4n) is 2.13. The summed E-state index contributed by atoms with van der Waals surface area (Å²) in [7, 11) is 0. The molecule has 0 radical (unpaired) electrons. The van der Waals surface area contributed by atoms with Crippen LogP contribution in [0.2, 0.25) is 0 Å². The number of benzene rings is 1. The highest BCUT2D eigenvalue weighted by Gasteiger charge is 2.36. The number of morpholine rings is 1. The number of hydrogen-bond donors (Lipinski definition) is 1. The maximum Gasteiger partial charge on any atom is 0.417 e. The molecule has 8 heteroatoms. The summed E-state index contributed by atoms with van der Waals surface area (Å²) < 4.78 is 44.0. The Morgan fingerprint density at radius 3 is 2.67 bits per heavy atom. The molecule has 1 fully saturated rings. The Morgan fingerprint density at radius 2 is 2.05 bits per heavy atom. The molecule has 1 unspecified atom stereocenters. The van der Waals surface area contributed by atoms with Crippen LogP contribution < -0.4 is 5.73 Å². The summed E-state index contributed by atoms with van der Waals surface area (Å²) in [5.41, 5.74) is 4.21. The molecule has 1 aromatic carbocycles. The number of halogens is 4. The van der Waals surface area contributed by atoms with Gasteiger partial charge in [-0.05, 0) is 12.1 Å². The van der Waals surface area contributed by atoms with Gasteiger partial charge < -0.3 is 15.4 Å². The second kappa shape index (κ2) is 7.11. The van der Waals surface area contributed by atoms with Crippen molar-refractivity contribution < 1.29 is 22.7 Å². The van der Waals surface area contributed by atoms with E-state index in [-0.39, 0.29) is 50.3 Å². The van der Waals surface area contributed by atoms with Crippen molar-refractivity contribution in [3.63, 3.8) is 0 Å². The second-order valence-corrected chi connectivity index (χ2v) is 4.52. The molecule has 1 saturated heterocycles. The predicted molar refractivity (Wildman–Crippen MR) is 73.4 cm³/mol. The molecule has 2 N–H and O–H groups in total. The van der Waals surface area contributed by atoms with Crippen LogP contribution >= 0.6 is 12.4 Å². The van der Waals surface area contributed by atoms with Crippen LogP contribution in [0.25, 0.3) is 0 Å². The molecule has 1 aromatic rings. The average Bonchev–Trinajstić information content (AvgIpc) is 2.45. The van der Waals surface area contributed by atoms with Crippen LogP contribution in [0.5, 0.6) is 0 Å². The van der Waals surface area contributed by atoms with E-state index in [1.165, 1.54) is 23.1 Å². The first kappa shape index (κ1) is 17.7. The van der Waals surface area contributed by atoms with Crippen molar-refractivity contribution in [2.24, 2.45) is 5.73 Å². The molecule has 1 aliphatic rings. The highest BCUT2D eigenvalue weighted by molar-refractivity contribution is 5.96. The minimum Gasteiger partial charge on any atom is -0.373 e. The van der Waals surface area contributed by atoms with Crippen LogP contribution in [0, 0.1) is 0 Å². The van der Waals surface area contributed by atoms with Crippen LogP contribution in [-0.4, -0.2) is 43.2 Å². The summed E-state index contributed by atoms with van der Waals surface area (Å²) in [4.78, 5) is 13.6. The summed E-state index contributed by atoms with van der Waals surface area (Å²) >= 11 is 0. The van der Waals surface area contributed by atoms with Crippen LogP contribution in [0.1, 0.15) is 15.9 Å². The van der Waals surface area contributed by atoms with E-state index in [9.17, 15) is 18.0 Å². The monoisotopic (exact) mass is 324 g/mol. The van der Waals surface area contributed by atoms with Gasteiger partial charge >= 0.3 is 6.18 Å². The molecule has 4 nitrogen and oxygen atoms in total. The van der Waals surface area contributed by atoms with Crippen molar-refractivity contribution in [3.8, 4) is 0 Å². The third-order valence-corrected chi connectivity index (χ3v) is 3.15. The van der Waals surface area contributed by atoms with E-state index in [4.69, 9.17) is 10.5 Å². The predicted octanol–water partition coefficient (Wildman–Crippen LogP) is 1.93. The van der Waals surface area contributed by atoms with Crippen LogP contribution in [0.4, 0.5) is 13.2 Å². The molecule has 0 spiro atoms. The molecule has 21 heavy (non-hydrogen) atoms. The molecule has 1 aliphatic heterocycles. The van der Waals surface area contributed by atoms with Crippen molar-refractivity contribution >= 4 is 18.3 Å². The smallest absolute Gasteiger partial charge is 0.373 e. The van der Waals surface area contributed by atoms with Crippen molar-refractivity contribution in [3.05, 3.63) is 35.4 Å². The normalized spacial score (nSPS) is 19.0. The van der Waals surface area contributed by atoms with E-state index in [1.807, 2.05) is 0 Å². The number of carbonyl (C=O) groups excluding carboxylic acids is 1. The largest absolute Gasteiger partial charge is 0.417 e. The van der Waals surface area contributed by atoms with Gasteiger partial charge in [0.05, 0.1) is 23.8 Å². The molecule has 0 aliphatic carbocycles. The van der Waals surface area contributed by atoms with Gasteiger partial charge in [0.15, 0.2) is 0 Å². The zero-order valence-electron chi connectivity index (χ0n) is 11.1. The van der Waals surface area contributed by atoms with Gasteiger partial charge in [-0.2, -0.15) is 13.2 Å². The number of rotatable bonds is 2. The first-order valence-electron chi connectivity index (χ1n) is 6.20. The van der Waals surface area contributed by atoms with E-state index >= 15 is 0 Å². The summed E-state index contributed by atoms with van der Waals surface area (Å²) in [6.45, 7) is 0.982. The fraction of sp³-hybridized carbons (Fsp3) is 0.462. The number of nitrogens with two attached hydrogens (primary N) is 1. The summed E-state index contributed by atoms with van der Waals surface area (Å²) in [5, 5.41) is 0. The molecule has 0 aromatic heterocycles. The Hall–Kier alpha value is -1.31. The molecule has 1 atom stereocenters. The number of amides is 1. The van der Waals surface area contributed by atoms with E-state index in [2.05, 4.69) is 0 Å². The number of hydrogen-bond acceptors (Lipinski definition) is 3. The number of nitrogens with zero attached hydrogens (tertiary/aromatic N) is 1. The zero-order chi connectivity index (χ0) is 14.8. The van der Waals surface area contributed by atoms with E-state index < -0.39 is 17.6 Å². The van der Waals surface area contributed by atoms with Crippen molar-refractivity contribution in [2.75, 3.05) is 26.2 Å². The van der Waals surface area contributed by atoms with E-state index in [0.717, 1.165) is 6.07 Å². The Bertz CT molecular complexity index is 497. The minimum absolute atomic E-state index is 0. The van der Waals surface area contributed by atoms with Gasteiger partial charge in [-0.25, -0.2) is 0 Å². The molecule has 2 rings (SSSR count). The van der Waals surface area contributed by atoms with Gasteiger partial charge in [0, 0.05) is 19.6 Å². The number of alkyl halides is 3. The van der Waals surface area contributed by atoms with Crippen molar-refractivity contribution in [1.82, 2.24) is 4.90 Å². The Morgan fingerprint density at radius 1 is 1.38 bits per heavy atom. The molecule has 118 valence electrons. The van der Waals surface area contributed by atoms with Crippen molar-refractivity contribution in [1.29, 1.82) is 0 Å². The minimum atomic E-state index is -4.55. The first-order valence-corrected chi connectivity index (χ1v) is 6.20. The lowest BCUT2D eigenvalue weighted by Crippen LogP contribution is -2.48. The fourth-order valence-corrected chi connectivity index (χ4v) is 2.13. The molecule has 0 bridgehead atoms. The highest BCUT2D eigenvalue weighted by Crippen LogP contribution is 2.32. The highest BCUT2D eigenvalue weighted by atomic mass is 35.5. The quantitative estimate of drug-likeness (QED) is 0.904. The molecule has 1 amide bonds. The Balaban J connectivity index is 0.00000220. The van der Waals surface area contributed by atoms with Crippen LogP contribution in [0.3, 0.4) is 0 Å². The van der Waals surface area contributed by atoms with Gasteiger partial charge in [-0.15, -0.1) is 12.4 Å². The third kappa shape index (κ3) is 4.09. The number of ether oxygens (including phenoxy) is 1. The SMILES string of the molecule is Cl.NCC1CN(C(=O)c2ccccc2C(F)(F)F)CCO1. The summed E-state index contributed by atoms with van der Waals surface area (Å²) in [6.07, 6.45) is -4.88. The summed E-state index contributed by atoms with van der Waals surface area (Å²) in [5.74, 6) is -0.639. The lowest BCUT2D eigenvalue weighted by Gasteiger charge is -2.32. The molecular formula is C13H16ClF3N2O2. The third-order valence-electron chi connectivity index (χ3n) is 3.15. The molecular weight excluding hydrogens is 309 g/mol. The maximum atomic E-state index is 12.9. The van der Waals surface area contributed by atoms with Crippen LogP contribution in [-0.2, 0) is 10.9 Å². The lowest BCUT2D eigenvalue weighted by molar-refractivity contribution is -0.138. The molecule has 1 heterocycles. The van der Waals surface area contributed by atoms with E-state index in [1.54, 1.807) is 0 Å². The zero-order valence-corrected chi connectivity index (χ0v) is 11.9. The second-order valence-electron chi connectivity index (χ2n) is 4.52. The summed E-state index contributed by atoms with van der Waals surface area (Å²) in [6, 6.07) is 4.79. The van der Waals surface area contributed by atoms with Crippen LogP contribution in [0.15, 0.2) is 24.3 Å². The van der Waals surface area contributed by atoms with Gasteiger partial charge in [0.1, 0.15) is 0 Å². The first-order chi connectivity index (χ1) is 9.43. The van der Waals surface area contributed by atoms with E-state index in [0.29, 0.717) is 0 Å². The lowest BCUT2D eigenvalue weighted by atomic mass is 10.1. The van der Waals surface area contributed by atoms with Gasteiger partial charge in [-0.3, -0.25) is 4.79 Å². The van der Waals surface area contributed by atoms with Gasteiger partial charge in [-0.1, -0.05) is 12.1 Å². The van der Waals surface area contributed by atoms with Crippen molar-refractivity contribution in [2.45, 2.75) is 12.3 Å². The number of carbonyl (C=O) groups is 1. The van der Waals surface area contributed by atoms with Gasteiger partial charge in [0.2, 0.25) is 0 Å². The topological polar surface area (TPSA) is 55.6 Å². The van der Waals surface area contributed by atoms with Gasteiger partial charge in [0.25, 0.3) is 5.91 Å². The molecule has 0 saturated carbocycles. The Labute approximate surface area is 126 Å². The Kier molecular flexibility index (Phi) is 6.00.